The number of rotatable bonds is 3. The Labute approximate surface area is 152 Å². The first-order chi connectivity index (χ1) is 12.6. The van der Waals surface area contributed by atoms with E-state index in [4.69, 9.17) is 0 Å². The van der Waals surface area contributed by atoms with Crippen LogP contribution in [0.4, 0.5) is 0 Å². The van der Waals surface area contributed by atoms with Crippen molar-refractivity contribution < 1.29 is 14.4 Å². The number of hydrogen-bond acceptors (Lipinski definition) is 3. The molecule has 4 rings (SSSR count). The van der Waals surface area contributed by atoms with Gasteiger partial charge in [0, 0.05) is 5.56 Å². The SMILES string of the molecule is O=C(CN1C(=O)Cc2ccccc2C1=O)N[C@H]1CCCc2ccccc21. The Balaban J connectivity index is 1.48. The molecule has 0 saturated heterocycles. The van der Waals surface area contributed by atoms with Gasteiger partial charge in [0.15, 0.2) is 0 Å². The summed E-state index contributed by atoms with van der Waals surface area (Å²) >= 11 is 0. The van der Waals surface area contributed by atoms with Crippen molar-refractivity contribution in [2.24, 2.45) is 0 Å². The van der Waals surface area contributed by atoms with Crippen LogP contribution in [0.1, 0.15) is 45.9 Å². The molecule has 2 aromatic rings. The zero-order chi connectivity index (χ0) is 18.1. The maximum Gasteiger partial charge on any atom is 0.261 e. The molecule has 1 heterocycles. The molecule has 5 heteroatoms. The Hall–Kier alpha value is -2.95. The zero-order valence-corrected chi connectivity index (χ0v) is 14.4. The predicted octanol–water partition coefficient (Wildman–Crippen LogP) is 2.41. The van der Waals surface area contributed by atoms with Gasteiger partial charge in [-0.1, -0.05) is 42.5 Å². The van der Waals surface area contributed by atoms with Gasteiger partial charge in [0.05, 0.1) is 12.5 Å². The highest BCUT2D eigenvalue weighted by Gasteiger charge is 2.32. The number of carbonyl (C=O) groups excluding carboxylic acids is 3. The van der Waals surface area contributed by atoms with E-state index >= 15 is 0 Å². The summed E-state index contributed by atoms with van der Waals surface area (Å²) in [4.78, 5) is 38.5. The van der Waals surface area contributed by atoms with Gasteiger partial charge in [-0.15, -0.1) is 0 Å². The molecule has 0 radical (unpaired) electrons. The second-order valence-corrected chi connectivity index (χ2v) is 6.83. The third kappa shape index (κ3) is 3.01. The number of aryl methyl sites for hydroxylation is 1. The molecule has 3 amide bonds. The first-order valence-electron chi connectivity index (χ1n) is 8.93. The van der Waals surface area contributed by atoms with Crippen LogP contribution in [0.25, 0.3) is 0 Å². The number of nitrogens with one attached hydrogen (secondary N) is 1. The largest absolute Gasteiger partial charge is 0.348 e. The van der Waals surface area contributed by atoms with E-state index in [1.165, 1.54) is 5.56 Å². The maximum atomic E-state index is 12.6. The van der Waals surface area contributed by atoms with Gasteiger partial charge >= 0.3 is 0 Å². The summed E-state index contributed by atoms with van der Waals surface area (Å²) in [6.07, 6.45) is 3.05. The molecular formula is C21H20N2O3. The third-order valence-corrected chi connectivity index (χ3v) is 5.14. The van der Waals surface area contributed by atoms with Crippen molar-refractivity contribution >= 4 is 17.7 Å². The van der Waals surface area contributed by atoms with Gasteiger partial charge in [-0.25, -0.2) is 0 Å². The van der Waals surface area contributed by atoms with Crippen LogP contribution in [0.3, 0.4) is 0 Å². The number of hydrogen-bond donors (Lipinski definition) is 1. The molecule has 0 aromatic heterocycles. The second kappa shape index (κ2) is 6.75. The monoisotopic (exact) mass is 348 g/mol. The van der Waals surface area contributed by atoms with Crippen LogP contribution in [0.15, 0.2) is 48.5 Å². The summed E-state index contributed by atoms with van der Waals surface area (Å²) in [5.74, 6) is -1.02. The maximum absolute atomic E-state index is 12.6. The Kier molecular flexibility index (Phi) is 4.29. The van der Waals surface area contributed by atoms with Gasteiger partial charge < -0.3 is 5.32 Å². The van der Waals surface area contributed by atoms with Gasteiger partial charge in [0.2, 0.25) is 11.8 Å². The lowest BCUT2D eigenvalue weighted by Gasteiger charge is -2.29. The van der Waals surface area contributed by atoms with Gasteiger partial charge in [0.1, 0.15) is 6.54 Å². The normalized spacial score (nSPS) is 18.9. The smallest absolute Gasteiger partial charge is 0.261 e. The summed E-state index contributed by atoms with van der Waals surface area (Å²) in [6.45, 7) is -0.231. The minimum Gasteiger partial charge on any atom is -0.348 e. The van der Waals surface area contributed by atoms with E-state index in [1.54, 1.807) is 18.2 Å². The molecule has 26 heavy (non-hydrogen) atoms. The first kappa shape index (κ1) is 16.5. The van der Waals surface area contributed by atoms with E-state index in [0.29, 0.717) is 5.56 Å². The third-order valence-electron chi connectivity index (χ3n) is 5.14. The highest BCUT2D eigenvalue weighted by molar-refractivity contribution is 6.11. The van der Waals surface area contributed by atoms with Gasteiger partial charge in [-0.05, 0) is 42.0 Å². The van der Waals surface area contributed by atoms with E-state index in [0.717, 1.165) is 35.3 Å². The number of imide groups is 1. The van der Waals surface area contributed by atoms with Crippen molar-refractivity contribution in [2.45, 2.75) is 31.7 Å². The summed E-state index contributed by atoms with van der Waals surface area (Å²) in [5.41, 5.74) is 3.61. The van der Waals surface area contributed by atoms with Crippen molar-refractivity contribution in [2.75, 3.05) is 6.54 Å². The lowest BCUT2D eigenvalue weighted by molar-refractivity contribution is -0.133. The zero-order valence-electron chi connectivity index (χ0n) is 14.4. The highest BCUT2D eigenvalue weighted by atomic mass is 16.2. The molecule has 0 unspecified atom stereocenters. The van der Waals surface area contributed by atoms with Crippen LogP contribution in [0, 0.1) is 0 Å². The molecule has 0 saturated carbocycles. The number of nitrogens with zero attached hydrogens (tertiary/aromatic N) is 1. The predicted molar refractivity (Wildman–Crippen MR) is 96.5 cm³/mol. The fraction of sp³-hybridized carbons (Fsp3) is 0.286. The fourth-order valence-electron chi connectivity index (χ4n) is 3.85. The summed E-state index contributed by atoms with van der Waals surface area (Å²) < 4.78 is 0. The van der Waals surface area contributed by atoms with Crippen LogP contribution in [-0.4, -0.2) is 29.2 Å². The number of benzene rings is 2. The number of fused-ring (bicyclic) bond motifs is 2. The standard InChI is InChI=1S/C21H20N2O3/c24-19(22-18-11-5-8-14-6-1-3-9-16(14)18)13-23-20(25)12-15-7-2-4-10-17(15)21(23)26/h1-4,6-7,9-10,18H,5,8,11-13H2,(H,22,24)/t18-/m0/s1. The van der Waals surface area contributed by atoms with Gasteiger partial charge in [-0.2, -0.15) is 0 Å². The minimum atomic E-state index is -0.393. The van der Waals surface area contributed by atoms with Crippen molar-refractivity contribution in [1.29, 1.82) is 0 Å². The molecule has 132 valence electrons. The quantitative estimate of drug-likeness (QED) is 0.866. The molecule has 0 bridgehead atoms. The highest BCUT2D eigenvalue weighted by Crippen LogP contribution is 2.29. The molecule has 0 fully saturated rings. The molecule has 0 spiro atoms. The van der Waals surface area contributed by atoms with Crippen molar-refractivity contribution in [3.63, 3.8) is 0 Å². The summed E-state index contributed by atoms with van der Waals surface area (Å²) in [6, 6.07) is 15.1. The second-order valence-electron chi connectivity index (χ2n) is 6.83. The van der Waals surface area contributed by atoms with Crippen LogP contribution in [-0.2, 0) is 22.4 Å². The fourth-order valence-corrected chi connectivity index (χ4v) is 3.85. The summed E-state index contributed by atoms with van der Waals surface area (Å²) in [7, 11) is 0. The Morgan fingerprint density at radius 1 is 1.04 bits per heavy atom. The Morgan fingerprint density at radius 3 is 2.62 bits per heavy atom. The molecule has 1 atom stereocenters. The van der Waals surface area contributed by atoms with E-state index in [2.05, 4.69) is 11.4 Å². The average Bonchev–Trinajstić information content (AvgIpc) is 2.65. The lowest BCUT2D eigenvalue weighted by atomic mass is 9.88. The average molecular weight is 348 g/mol. The molecule has 5 nitrogen and oxygen atoms in total. The lowest BCUT2D eigenvalue weighted by Crippen LogP contribution is -2.48. The minimum absolute atomic E-state index is 0.0604. The Morgan fingerprint density at radius 2 is 1.77 bits per heavy atom. The van der Waals surface area contributed by atoms with Crippen LogP contribution in [0.2, 0.25) is 0 Å². The molecule has 1 N–H and O–H groups in total. The molecule has 2 aromatic carbocycles. The topological polar surface area (TPSA) is 66.5 Å². The van der Waals surface area contributed by atoms with E-state index in [1.807, 2.05) is 24.3 Å². The van der Waals surface area contributed by atoms with E-state index < -0.39 is 5.91 Å². The van der Waals surface area contributed by atoms with E-state index in [9.17, 15) is 14.4 Å². The van der Waals surface area contributed by atoms with Crippen molar-refractivity contribution in [3.05, 3.63) is 70.8 Å². The molecule has 1 aliphatic carbocycles. The Bertz CT molecular complexity index is 890. The van der Waals surface area contributed by atoms with Crippen LogP contribution in [0.5, 0.6) is 0 Å². The molecule has 1 aliphatic heterocycles. The van der Waals surface area contributed by atoms with Crippen LogP contribution >= 0.6 is 0 Å². The van der Waals surface area contributed by atoms with Gasteiger partial charge in [-0.3, -0.25) is 19.3 Å². The van der Waals surface area contributed by atoms with Crippen molar-refractivity contribution in [1.82, 2.24) is 10.2 Å². The van der Waals surface area contributed by atoms with Crippen molar-refractivity contribution in [3.8, 4) is 0 Å². The van der Waals surface area contributed by atoms with Gasteiger partial charge in [0.25, 0.3) is 5.91 Å². The number of amides is 3. The number of carbonyl (C=O) groups is 3. The molecule has 2 aliphatic rings. The van der Waals surface area contributed by atoms with E-state index in [-0.39, 0.29) is 30.8 Å². The first-order valence-corrected chi connectivity index (χ1v) is 8.93. The molecular weight excluding hydrogens is 328 g/mol. The summed E-state index contributed by atoms with van der Waals surface area (Å²) in [5, 5.41) is 3.00. The van der Waals surface area contributed by atoms with Crippen LogP contribution < -0.4 is 5.32 Å².